The van der Waals surface area contributed by atoms with Crippen LogP contribution in [-0.4, -0.2) is 31.9 Å². The van der Waals surface area contributed by atoms with Gasteiger partial charge in [-0.1, -0.05) is 12.1 Å². The van der Waals surface area contributed by atoms with E-state index in [0.717, 1.165) is 25.1 Å². The maximum Gasteiger partial charge on any atom is 0.573 e. The highest BCUT2D eigenvalue weighted by Gasteiger charge is 2.32. The van der Waals surface area contributed by atoms with Crippen LogP contribution in [0.4, 0.5) is 13.2 Å². The topological polar surface area (TPSA) is 25.6 Å². The highest BCUT2D eigenvalue weighted by molar-refractivity contribution is 5.65. The first-order valence-electron chi connectivity index (χ1n) is 6.94. The largest absolute Gasteiger partial charge is 0.573 e. The SMILES string of the molecule is CN(C)CCCc1ccc(-c2ccccc2OC(F)(F)F)o1. The van der Waals surface area contributed by atoms with Gasteiger partial charge >= 0.3 is 6.36 Å². The summed E-state index contributed by atoms with van der Waals surface area (Å²) in [4.78, 5) is 2.07. The Morgan fingerprint density at radius 1 is 1.09 bits per heavy atom. The van der Waals surface area contributed by atoms with Crippen LogP contribution in [0.5, 0.6) is 5.75 Å². The zero-order chi connectivity index (χ0) is 16.2. The predicted octanol–water partition coefficient (Wildman–Crippen LogP) is 4.34. The molecule has 2 aromatic rings. The molecular formula is C16H18F3NO2. The highest BCUT2D eigenvalue weighted by atomic mass is 19.4. The summed E-state index contributed by atoms with van der Waals surface area (Å²) in [5.74, 6) is 0.863. The number of hydrogen-bond donors (Lipinski definition) is 0. The Kier molecular flexibility index (Phi) is 5.13. The van der Waals surface area contributed by atoms with Gasteiger partial charge in [0.15, 0.2) is 0 Å². The van der Waals surface area contributed by atoms with E-state index in [9.17, 15) is 13.2 Å². The quantitative estimate of drug-likeness (QED) is 0.793. The maximum absolute atomic E-state index is 12.4. The van der Waals surface area contributed by atoms with Gasteiger partial charge in [0, 0.05) is 6.42 Å². The molecule has 0 atom stereocenters. The Morgan fingerprint density at radius 3 is 2.50 bits per heavy atom. The molecule has 0 amide bonds. The smallest absolute Gasteiger partial charge is 0.461 e. The fourth-order valence-corrected chi connectivity index (χ4v) is 2.11. The molecule has 0 saturated carbocycles. The average Bonchev–Trinajstić information content (AvgIpc) is 2.85. The molecule has 0 aliphatic heterocycles. The highest BCUT2D eigenvalue weighted by Crippen LogP contribution is 2.34. The summed E-state index contributed by atoms with van der Waals surface area (Å²) < 4.78 is 47.0. The van der Waals surface area contributed by atoms with Crippen LogP contribution in [0.2, 0.25) is 0 Å². The fraction of sp³-hybridized carbons (Fsp3) is 0.375. The van der Waals surface area contributed by atoms with E-state index in [0.29, 0.717) is 11.3 Å². The Labute approximate surface area is 127 Å². The minimum Gasteiger partial charge on any atom is -0.461 e. The van der Waals surface area contributed by atoms with E-state index in [4.69, 9.17) is 4.42 Å². The third-order valence-electron chi connectivity index (χ3n) is 3.07. The van der Waals surface area contributed by atoms with Crippen molar-refractivity contribution in [3.63, 3.8) is 0 Å². The predicted molar refractivity (Wildman–Crippen MR) is 77.7 cm³/mol. The molecule has 0 fully saturated rings. The number of halogens is 3. The van der Waals surface area contributed by atoms with Gasteiger partial charge in [0.2, 0.25) is 0 Å². The van der Waals surface area contributed by atoms with E-state index in [1.54, 1.807) is 24.3 Å². The lowest BCUT2D eigenvalue weighted by molar-refractivity contribution is -0.274. The van der Waals surface area contributed by atoms with Crippen LogP contribution in [0.25, 0.3) is 11.3 Å². The Hall–Kier alpha value is -1.95. The lowest BCUT2D eigenvalue weighted by Crippen LogP contribution is -2.17. The molecule has 0 aliphatic carbocycles. The van der Waals surface area contributed by atoms with Gasteiger partial charge in [-0.2, -0.15) is 0 Å². The Morgan fingerprint density at radius 2 is 1.82 bits per heavy atom. The molecule has 120 valence electrons. The minimum atomic E-state index is -4.72. The van der Waals surface area contributed by atoms with Gasteiger partial charge < -0.3 is 14.1 Å². The third kappa shape index (κ3) is 4.80. The molecule has 22 heavy (non-hydrogen) atoms. The first-order chi connectivity index (χ1) is 10.3. The van der Waals surface area contributed by atoms with Gasteiger partial charge in [0.1, 0.15) is 17.3 Å². The molecule has 6 heteroatoms. The monoisotopic (exact) mass is 313 g/mol. The summed E-state index contributed by atoms with van der Waals surface area (Å²) in [5, 5.41) is 0. The van der Waals surface area contributed by atoms with Crippen molar-refractivity contribution in [2.24, 2.45) is 0 Å². The second kappa shape index (κ2) is 6.87. The summed E-state index contributed by atoms with van der Waals surface area (Å²) in [6, 6.07) is 9.41. The summed E-state index contributed by atoms with van der Waals surface area (Å²) in [6.07, 6.45) is -3.07. The number of furan rings is 1. The molecule has 0 N–H and O–H groups in total. The van der Waals surface area contributed by atoms with Crippen molar-refractivity contribution in [3.05, 3.63) is 42.2 Å². The van der Waals surface area contributed by atoms with Crippen molar-refractivity contribution < 1.29 is 22.3 Å². The minimum absolute atomic E-state index is 0.260. The fourth-order valence-electron chi connectivity index (χ4n) is 2.11. The zero-order valence-electron chi connectivity index (χ0n) is 12.5. The van der Waals surface area contributed by atoms with E-state index < -0.39 is 6.36 Å². The zero-order valence-corrected chi connectivity index (χ0v) is 12.5. The van der Waals surface area contributed by atoms with E-state index in [1.165, 1.54) is 12.1 Å². The molecule has 0 spiro atoms. The van der Waals surface area contributed by atoms with Crippen LogP contribution < -0.4 is 4.74 Å². The maximum atomic E-state index is 12.4. The molecule has 2 rings (SSSR count). The second-order valence-electron chi connectivity index (χ2n) is 5.22. The van der Waals surface area contributed by atoms with Crippen LogP contribution >= 0.6 is 0 Å². The van der Waals surface area contributed by atoms with Gasteiger partial charge in [0.25, 0.3) is 0 Å². The van der Waals surface area contributed by atoms with Gasteiger partial charge in [-0.3, -0.25) is 0 Å². The number of alkyl halides is 3. The van der Waals surface area contributed by atoms with Crippen LogP contribution in [0, 0.1) is 0 Å². The van der Waals surface area contributed by atoms with Crippen LogP contribution in [-0.2, 0) is 6.42 Å². The molecule has 0 unspecified atom stereocenters. The normalized spacial score (nSPS) is 11.9. The number of nitrogens with zero attached hydrogens (tertiary/aromatic N) is 1. The van der Waals surface area contributed by atoms with E-state index in [2.05, 4.69) is 9.64 Å². The van der Waals surface area contributed by atoms with Crippen molar-refractivity contribution in [2.75, 3.05) is 20.6 Å². The Balaban J connectivity index is 2.13. The number of para-hydroxylation sites is 1. The summed E-state index contributed by atoms with van der Waals surface area (Å²) in [5.41, 5.74) is 0.290. The number of hydrogen-bond acceptors (Lipinski definition) is 3. The van der Waals surface area contributed by atoms with Crippen LogP contribution in [0.3, 0.4) is 0 Å². The van der Waals surface area contributed by atoms with Crippen molar-refractivity contribution in [2.45, 2.75) is 19.2 Å². The van der Waals surface area contributed by atoms with Crippen molar-refractivity contribution in [1.29, 1.82) is 0 Å². The van der Waals surface area contributed by atoms with E-state index in [1.807, 2.05) is 14.1 Å². The molecule has 1 heterocycles. The third-order valence-corrected chi connectivity index (χ3v) is 3.07. The molecule has 0 saturated heterocycles. The van der Waals surface area contributed by atoms with Crippen LogP contribution in [0.1, 0.15) is 12.2 Å². The van der Waals surface area contributed by atoms with Crippen molar-refractivity contribution >= 4 is 0 Å². The number of rotatable bonds is 6. The van der Waals surface area contributed by atoms with E-state index >= 15 is 0 Å². The molecule has 0 aliphatic rings. The van der Waals surface area contributed by atoms with Crippen molar-refractivity contribution in [3.8, 4) is 17.1 Å². The average molecular weight is 313 g/mol. The standard InChI is InChI=1S/C16H18F3NO2/c1-20(2)11-5-6-12-9-10-14(21-12)13-7-3-4-8-15(13)22-16(17,18)19/h3-4,7-10H,5-6,11H2,1-2H3. The van der Waals surface area contributed by atoms with Gasteiger partial charge in [-0.05, 0) is 51.3 Å². The first-order valence-corrected chi connectivity index (χ1v) is 6.94. The molecule has 0 bridgehead atoms. The molecule has 1 aromatic heterocycles. The van der Waals surface area contributed by atoms with Crippen LogP contribution in [0.15, 0.2) is 40.8 Å². The molecule has 1 aromatic carbocycles. The van der Waals surface area contributed by atoms with Gasteiger partial charge in [-0.15, -0.1) is 13.2 Å². The van der Waals surface area contributed by atoms with E-state index in [-0.39, 0.29) is 5.75 Å². The lowest BCUT2D eigenvalue weighted by Gasteiger charge is -2.11. The van der Waals surface area contributed by atoms with Crippen molar-refractivity contribution in [1.82, 2.24) is 4.90 Å². The summed E-state index contributed by atoms with van der Waals surface area (Å²) in [6.45, 7) is 0.920. The number of ether oxygens (including phenoxy) is 1. The molecule has 3 nitrogen and oxygen atoms in total. The second-order valence-corrected chi connectivity index (χ2v) is 5.22. The summed E-state index contributed by atoms with van der Waals surface area (Å²) in [7, 11) is 3.97. The van der Waals surface area contributed by atoms with Gasteiger partial charge in [0.05, 0.1) is 5.56 Å². The van der Waals surface area contributed by atoms with Gasteiger partial charge in [-0.25, -0.2) is 0 Å². The summed E-state index contributed by atoms with van der Waals surface area (Å²) >= 11 is 0. The molecular weight excluding hydrogens is 295 g/mol. The lowest BCUT2D eigenvalue weighted by atomic mass is 10.1. The Bertz CT molecular complexity index is 605. The molecule has 0 radical (unpaired) electrons. The first kappa shape index (κ1) is 16.4. The number of benzene rings is 1. The number of aryl methyl sites for hydroxylation is 1.